The number of anilines is 1. The summed E-state index contributed by atoms with van der Waals surface area (Å²) in [6.45, 7) is 2.13. The van der Waals surface area contributed by atoms with E-state index in [4.69, 9.17) is 0 Å². The summed E-state index contributed by atoms with van der Waals surface area (Å²) in [5.74, 6) is 0.747. The molecule has 1 N–H and O–H groups in total. The summed E-state index contributed by atoms with van der Waals surface area (Å²) in [6, 6.07) is 13.7. The minimum atomic E-state index is -0.0973. The lowest BCUT2D eigenvalue weighted by atomic mass is 10.1. The van der Waals surface area contributed by atoms with Crippen LogP contribution < -0.4 is 11.0 Å². The number of nitrogens with zero attached hydrogens (tertiary/aromatic N) is 4. The number of amides is 1. The lowest BCUT2D eigenvalue weighted by molar-refractivity contribution is -0.114. The van der Waals surface area contributed by atoms with Gasteiger partial charge in [-0.05, 0) is 42.0 Å². The van der Waals surface area contributed by atoms with Crippen molar-refractivity contribution in [2.75, 3.05) is 5.32 Å². The molecular weight excluding hydrogens is 354 g/mol. The SMILES string of the molecule is CC(=O)Nc1ccc(-c2nccn2Cc2ccc3c(c2)n(C)c(=O)n3C)cc1. The molecule has 4 aromatic rings. The molecule has 1 amide bonds. The molecule has 142 valence electrons. The number of nitrogens with one attached hydrogen (secondary N) is 1. The van der Waals surface area contributed by atoms with Crippen LogP contribution in [0, 0.1) is 0 Å². The number of carbonyl (C=O) groups excluding carboxylic acids is 1. The van der Waals surface area contributed by atoms with Gasteiger partial charge in [0.1, 0.15) is 5.82 Å². The van der Waals surface area contributed by atoms with Crippen molar-refractivity contribution in [2.24, 2.45) is 14.1 Å². The van der Waals surface area contributed by atoms with Crippen LogP contribution in [-0.4, -0.2) is 24.6 Å². The van der Waals surface area contributed by atoms with Gasteiger partial charge >= 0.3 is 5.69 Å². The van der Waals surface area contributed by atoms with Crippen molar-refractivity contribution in [3.05, 3.63) is 70.9 Å². The molecule has 0 unspecified atom stereocenters. The van der Waals surface area contributed by atoms with E-state index in [-0.39, 0.29) is 11.6 Å². The van der Waals surface area contributed by atoms with Crippen LogP contribution in [0.3, 0.4) is 0 Å². The van der Waals surface area contributed by atoms with Gasteiger partial charge < -0.3 is 9.88 Å². The maximum absolute atomic E-state index is 12.1. The highest BCUT2D eigenvalue weighted by atomic mass is 16.2. The molecule has 7 nitrogen and oxygen atoms in total. The predicted molar refractivity (Wildman–Crippen MR) is 109 cm³/mol. The summed E-state index contributed by atoms with van der Waals surface area (Å²) in [6.07, 6.45) is 3.71. The molecule has 0 atom stereocenters. The molecule has 0 radical (unpaired) electrons. The highest BCUT2D eigenvalue weighted by Gasteiger charge is 2.11. The Hall–Kier alpha value is -3.61. The normalized spacial score (nSPS) is 11.1. The van der Waals surface area contributed by atoms with Crippen LogP contribution in [-0.2, 0) is 25.4 Å². The molecule has 4 rings (SSSR count). The van der Waals surface area contributed by atoms with Crippen molar-refractivity contribution >= 4 is 22.6 Å². The molecule has 0 aliphatic carbocycles. The largest absolute Gasteiger partial charge is 0.328 e. The molecule has 28 heavy (non-hydrogen) atoms. The molecule has 0 saturated heterocycles. The fourth-order valence-electron chi connectivity index (χ4n) is 3.45. The quantitative estimate of drug-likeness (QED) is 0.596. The first-order valence-electron chi connectivity index (χ1n) is 8.97. The van der Waals surface area contributed by atoms with Crippen molar-refractivity contribution in [2.45, 2.75) is 13.5 Å². The highest BCUT2D eigenvalue weighted by Crippen LogP contribution is 2.22. The van der Waals surface area contributed by atoms with Gasteiger partial charge in [-0.1, -0.05) is 6.07 Å². The topological polar surface area (TPSA) is 73.8 Å². The molecule has 0 saturated carbocycles. The van der Waals surface area contributed by atoms with Crippen molar-refractivity contribution in [1.29, 1.82) is 0 Å². The number of benzene rings is 2. The van der Waals surface area contributed by atoms with E-state index in [0.717, 1.165) is 33.7 Å². The van der Waals surface area contributed by atoms with Gasteiger partial charge in [-0.2, -0.15) is 0 Å². The predicted octanol–water partition coefficient (Wildman–Crippen LogP) is 2.75. The molecule has 0 fully saturated rings. The Balaban J connectivity index is 1.65. The molecule has 0 bridgehead atoms. The molecule has 0 aliphatic heterocycles. The summed E-state index contributed by atoms with van der Waals surface area (Å²) in [5.41, 5.74) is 4.59. The van der Waals surface area contributed by atoms with E-state index in [2.05, 4.69) is 14.9 Å². The Morgan fingerprint density at radius 3 is 2.46 bits per heavy atom. The van der Waals surface area contributed by atoms with Gasteiger partial charge in [0.25, 0.3) is 0 Å². The van der Waals surface area contributed by atoms with Crippen LogP contribution in [0.15, 0.2) is 59.7 Å². The first kappa shape index (κ1) is 17.8. The lowest BCUT2D eigenvalue weighted by Crippen LogP contribution is -2.19. The van der Waals surface area contributed by atoms with Gasteiger partial charge in [-0.3, -0.25) is 13.9 Å². The minimum absolute atomic E-state index is 0.0327. The third-order valence-corrected chi connectivity index (χ3v) is 4.87. The zero-order chi connectivity index (χ0) is 19.8. The van der Waals surface area contributed by atoms with E-state index >= 15 is 0 Å². The second kappa shape index (κ2) is 6.84. The van der Waals surface area contributed by atoms with E-state index < -0.39 is 0 Å². The molecule has 2 aromatic heterocycles. The van der Waals surface area contributed by atoms with Crippen LogP contribution in [0.25, 0.3) is 22.4 Å². The third kappa shape index (κ3) is 3.11. The van der Waals surface area contributed by atoms with Crippen LogP contribution in [0.5, 0.6) is 0 Å². The maximum Gasteiger partial charge on any atom is 0.328 e. The number of hydrogen-bond donors (Lipinski definition) is 1. The monoisotopic (exact) mass is 375 g/mol. The Morgan fingerprint density at radius 1 is 1.04 bits per heavy atom. The van der Waals surface area contributed by atoms with Gasteiger partial charge in [0.05, 0.1) is 11.0 Å². The van der Waals surface area contributed by atoms with Crippen LogP contribution in [0.4, 0.5) is 5.69 Å². The standard InChI is InChI=1S/C21H21N5O2/c1-14(27)23-17-7-5-16(6-8-17)20-22-10-11-26(20)13-15-4-9-18-19(12-15)25(3)21(28)24(18)2/h4-12H,13H2,1-3H3,(H,23,27). The fourth-order valence-corrected chi connectivity index (χ4v) is 3.45. The summed E-state index contributed by atoms with van der Waals surface area (Å²) in [4.78, 5) is 27.8. The maximum atomic E-state index is 12.1. The van der Waals surface area contributed by atoms with E-state index in [1.165, 1.54) is 6.92 Å². The summed E-state index contributed by atoms with van der Waals surface area (Å²) >= 11 is 0. The zero-order valence-electron chi connectivity index (χ0n) is 16.0. The second-order valence-electron chi connectivity index (χ2n) is 6.86. The Labute approximate surface area is 161 Å². The van der Waals surface area contributed by atoms with E-state index in [0.29, 0.717) is 6.54 Å². The van der Waals surface area contributed by atoms with Crippen molar-refractivity contribution in [3.8, 4) is 11.4 Å². The fraction of sp³-hybridized carbons (Fsp3) is 0.190. The molecular formula is C21H21N5O2. The number of aromatic nitrogens is 4. The molecule has 2 aromatic carbocycles. The summed E-state index contributed by atoms with van der Waals surface area (Å²) in [7, 11) is 3.57. The van der Waals surface area contributed by atoms with Crippen molar-refractivity contribution < 1.29 is 4.79 Å². The average Bonchev–Trinajstić information content (AvgIpc) is 3.21. The number of imidazole rings is 2. The van der Waals surface area contributed by atoms with Gasteiger partial charge in [0, 0.05) is 51.2 Å². The van der Waals surface area contributed by atoms with Crippen LogP contribution in [0.2, 0.25) is 0 Å². The number of aryl methyl sites for hydroxylation is 2. The smallest absolute Gasteiger partial charge is 0.327 e. The molecule has 2 heterocycles. The van der Waals surface area contributed by atoms with Gasteiger partial charge in [-0.15, -0.1) is 0 Å². The van der Waals surface area contributed by atoms with Crippen molar-refractivity contribution in [1.82, 2.24) is 18.7 Å². The number of fused-ring (bicyclic) bond motifs is 1. The zero-order valence-corrected chi connectivity index (χ0v) is 16.0. The van der Waals surface area contributed by atoms with Crippen LogP contribution >= 0.6 is 0 Å². The third-order valence-electron chi connectivity index (χ3n) is 4.87. The second-order valence-corrected chi connectivity index (χ2v) is 6.86. The number of carbonyl (C=O) groups is 1. The molecule has 7 heteroatoms. The van der Waals surface area contributed by atoms with E-state index in [1.54, 1.807) is 29.4 Å². The number of rotatable bonds is 4. The number of hydrogen-bond acceptors (Lipinski definition) is 3. The summed E-state index contributed by atoms with van der Waals surface area (Å²) in [5, 5.41) is 2.76. The Morgan fingerprint density at radius 2 is 1.75 bits per heavy atom. The van der Waals surface area contributed by atoms with Crippen LogP contribution in [0.1, 0.15) is 12.5 Å². The average molecular weight is 375 g/mol. The van der Waals surface area contributed by atoms with Gasteiger partial charge in [0.15, 0.2) is 0 Å². The first-order chi connectivity index (χ1) is 13.4. The van der Waals surface area contributed by atoms with Gasteiger partial charge in [0.2, 0.25) is 5.91 Å². The summed E-state index contributed by atoms with van der Waals surface area (Å²) < 4.78 is 5.38. The minimum Gasteiger partial charge on any atom is -0.327 e. The van der Waals surface area contributed by atoms with E-state index in [9.17, 15) is 9.59 Å². The van der Waals surface area contributed by atoms with Gasteiger partial charge in [-0.25, -0.2) is 9.78 Å². The Bertz CT molecular complexity index is 1230. The highest BCUT2D eigenvalue weighted by molar-refractivity contribution is 5.88. The Kier molecular flexibility index (Phi) is 4.35. The molecule has 0 spiro atoms. The lowest BCUT2D eigenvalue weighted by Gasteiger charge is -2.10. The first-order valence-corrected chi connectivity index (χ1v) is 8.97. The van der Waals surface area contributed by atoms with Crippen molar-refractivity contribution in [3.63, 3.8) is 0 Å². The van der Waals surface area contributed by atoms with E-state index in [1.807, 2.05) is 48.7 Å². The molecule has 0 aliphatic rings.